The van der Waals surface area contributed by atoms with Gasteiger partial charge in [-0.15, -0.1) is 0 Å². The highest BCUT2D eigenvalue weighted by Gasteiger charge is 2.06. The topological polar surface area (TPSA) is 39.9 Å². The van der Waals surface area contributed by atoms with Crippen LogP contribution in [-0.4, -0.2) is 19.1 Å². The van der Waals surface area contributed by atoms with Crippen molar-refractivity contribution in [3.8, 4) is 17.3 Å². The average Bonchev–Trinajstić information content (AvgIpc) is 2.39. The molecule has 0 bridgehead atoms. The highest BCUT2D eigenvalue weighted by atomic mass is 15.1. The van der Waals surface area contributed by atoms with Crippen molar-refractivity contribution in [2.45, 2.75) is 0 Å². The quantitative estimate of drug-likeness (QED) is 0.785. The first-order chi connectivity index (χ1) is 8.22. The van der Waals surface area contributed by atoms with E-state index in [-0.39, 0.29) is 0 Å². The molecule has 1 heterocycles. The molecule has 0 spiro atoms. The highest BCUT2D eigenvalue weighted by molar-refractivity contribution is 5.69. The van der Waals surface area contributed by atoms with Crippen molar-refractivity contribution in [1.82, 2.24) is 4.98 Å². The Hall–Kier alpha value is -2.34. The summed E-state index contributed by atoms with van der Waals surface area (Å²) in [4.78, 5) is 6.21. The minimum absolute atomic E-state index is 0.665. The first-order valence-corrected chi connectivity index (χ1v) is 5.35. The lowest BCUT2D eigenvalue weighted by Gasteiger charge is -2.14. The Balaban J connectivity index is 2.50. The number of benzene rings is 1. The smallest absolute Gasteiger partial charge is 0.101 e. The van der Waals surface area contributed by atoms with E-state index in [1.165, 1.54) is 0 Å². The van der Waals surface area contributed by atoms with Crippen molar-refractivity contribution in [3.05, 3.63) is 48.2 Å². The monoisotopic (exact) mass is 223 g/mol. The molecule has 1 aromatic heterocycles. The summed E-state index contributed by atoms with van der Waals surface area (Å²) in [5.74, 6) is 0. The zero-order chi connectivity index (χ0) is 12.3. The van der Waals surface area contributed by atoms with Crippen LogP contribution in [0.3, 0.4) is 0 Å². The number of nitriles is 1. The predicted molar refractivity (Wildman–Crippen MR) is 68.7 cm³/mol. The zero-order valence-electron chi connectivity index (χ0n) is 9.88. The minimum atomic E-state index is 0.665. The van der Waals surface area contributed by atoms with Gasteiger partial charge in [0.1, 0.15) is 6.07 Å². The van der Waals surface area contributed by atoms with E-state index >= 15 is 0 Å². The number of aromatic nitrogens is 1. The molecule has 0 saturated heterocycles. The fourth-order valence-corrected chi connectivity index (χ4v) is 1.71. The molecule has 0 radical (unpaired) electrons. The molecule has 2 aromatic rings. The van der Waals surface area contributed by atoms with Gasteiger partial charge in [-0.1, -0.05) is 12.1 Å². The lowest BCUT2D eigenvalue weighted by atomic mass is 10.1. The molecule has 84 valence electrons. The third-order valence-electron chi connectivity index (χ3n) is 2.56. The van der Waals surface area contributed by atoms with Gasteiger partial charge in [-0.05, 0) is 24.3 Å². The minimum Gasteiger partial charge on any atom is -0.377 e. The number of hydrogen-bond acceptors (Lipinski definition) is 3. The van der Waals surface area contributed by atoms with Crippen LogP contribution in [0.2, 0.25) is 0 Å². The first-order valence-electron chi connectivity index (χ1n) is 5.35. The average molecular weight is 223 g/mol. The Bertz CT molecular complexity index is 553. The van der Waals surface area contributed by atoms with Crippen molar-refractivity contribution in [2.75, 3.05) is 19.0 Å². The van der Waals surface area contributed by atoms with Gasteiger partial charge in [0.15, 0.2) is 0 Å². The molecule has 3 heteroatoms. The summed E-state index contributed by atoms with van der Waals surface area (Å²) in [6.45, 7) is 0. The van der Waals surface area contributed by atoms with Gasteiger partial charge in [0.05, 0.1) is 16.9 Å². The second-order valence-corrected chi connectivity index (χ2v) is 3.95. The van der Waals surface area contributed by atoms with Gasteiger partial charge in [0.25, 0.3) is 0 Å². The SMILES string of the molecule is CN(C)c1ccc(-c2ccccn2)cc1C#N. The number of pyridine rings is 1. The standard InChI is InChI=1S/C14H13N3/c1-17(2)14-7-6-11(9-12(14)10-15)13-5-3-4-8-16-13/h3-9H,1-2H3. The van der Waals surface area contributed by atoms with Crippen LogP contribution in [0.5, 0.6) is 0 Å². The van der Waals surface area contributed by atoms with Crippen LogP contribution in [0, 0.1) is 11.3 Å². The number of hydrogen-bond donors (Lipinski definition) is 0. The molecule has 0 aliphatic heterocycles. The van der Waals surface area contributed by atoms with Gasteiger partial charge in [0.2, 0.25) is 0 Å². The highest BCUT2D eigenvalue weighted by Crippen LogP contribution is 2.24. The van der Waals surface area contributed by atoms with Crippen molar-refractivity contribution in [3.63, 3.8) is 0 Å². The van der Waals surface area contributed by atoms with Crippen LogP contribution < -0.4 is 4.90 Å². The van der Waals surface area contributed by atoms with Gasteiger partial charge in [0, 0.05) is 25.9 Å². The second kappa shape index (κ2) is 4.67. The van der Waals surface area contributed by atoms with E-state index < -0.39 is 0 Å². The van der Waals surface area contributed by atoms with Gasteiger partial charge in [-0.2, -0.15) is 5.26 Å². The summed E-state index contributed by atoms with van der Waals surface area (Å²) >= 11 is 0. The van der Waals surface area contributed by atoms with Crippen molar-refractivity contribution < 1.29 is 0 Å². The molecule has 3 nitrogen and oxygen atoms in total. The van der Waals surface area contributed by atoms with Crippen molar-refractivity contribution in [2.24, 2.45) is 0 Å². The Morgan fingerprint density at radius 2 is 2.00 bits per heavy atom. The van der Waals surface area contributed by atoms with E-state index in [4.69, 9.17) is 5.26 Å². The molecule has 0 unspecified atom stereocenters. The van der Waals surface area contributed by atoms with Crippen LogP contribution in [-0.2, 0) is 0 Å². The molecule has 0 aliphatic rings. The maximum absolute atomic E-state index is 9.14. The van der Waals surface area contributed by atoms with E-state index in [1.807, 2.05) is 55.4 Å². The molecular weight excluding hydrogens is 210 g/mol. The van der Waals surface area contributed by atoms with E-state index in [0.717, 1.165) is 16.9 Å². The van der Waals surface area contributed by atoms with Gasteiger partial charge < -0.3 is 4.90 Å². The molecule has 2 rings (SSSR count). The van der Waals surface area contributed by atoms with E-state index in [9.17, 15) is 0 Å². The molecule has 0 N–H and O–H groups in total. The third-order valence-corrected chi connectivity index (χ3v) is 2.56. The third kappa shape index (κ3) is 2.26. The lowest BCUT2D eigenvalue weighted by Crippen LogP contribution is -2.10. The summed E-state index contributed by atoms with van der Waals surface area (Å²) in [6.07, 6.45) is 1.75. The summed E-state index contributed by atoms with van der Waals surface area (Å²) < 4.78 is 0. The number of anilines is 1. The summed E-state index contributed by atoms with van der Waals surface area (Å²) in [6, 6.07) is 13.8. The van der Waals surface area contributed by atoms with Crippen molar-refractivity contribution >= 4 is 5.69 Å². The summed E-state index contributed by atoms with van der Waals surface area (Å²) in [5, 5.41) is 9.14. The van der Waals surface area contributed by atoms with Crippen LogP contribution in [0.15, 0.2) is 42.6 Å². The summed E-state index contributed by atoms with van der Waals surface area (Å²) in [7, 11) is 3.85. The largest absolute Gasteiger partial charge is 0.377 e. The Labute approximate surface area is 101 Å². The Kier molecular flexibility index (Phi) is 3.06. The van der Waals surface area contributed by atoms with Gasteiger partial charge in [-0.25, -0.2) is 0 Å². The van der Waals surface area contributed by atoms with Gasteiger partial charge in [-0.3, -0.25) is 4.98 Å². The Morgan fingerprint density at radius 1 is 1.18 bits per heavy atom. The molecule has 0 saturated carbocycles. The second-order valence-electron chi connectivity index (χ2n) is 3.95. The van der Waals surface area contributed by atoms with Gasteiger partial charge >= 0.3 is 0 Å². The molecular formula is C14H13N3. The van der Waals surface area contributed by atoms with Crippen LogP contribution in [0.25, 0.3) is 11.3 Å². The van der Waals surface area contributed by atoms with Crippen LogP contribution in [0.1, 0.15) is 5.56 Å². The number of rotatable bonds is 2. The van der Waals surface area contributed by atoms with Crippen LogP contribution >= 0.6 is 0 Å². The van der Waals surface area contributed by atoms with Crippen LogP contribution in [0.4, 0.5) is 5.69 Å². The predicted octanol–water partition coefficient (Wildman–Crippen LogP) is 2.69. The maximum Gasteiger partial charge on any atom is 0.101 e. The normalized spacial score (nSPS) is 9.71. The van der Waals surface area contributed by atoms with E-state index in [2.05, 4.69) is 11.1 Å². The summed E-state index contributed by atoms with van der Waals surface area (Å²) in [5.41, 5.74) is 3.44. The van der Waals surface area contributed by atoms with E-state index in [1.54, 1.807) is 6.20 Å². The molecule has 0 atom stereocenters. The first kappa shape index (κ1) is 11.2. The zero-order valence-corrected chi connectivity index (χ0v) is 9.88. The number of nitrogens with zero attached hydrogens (tertiary/aromatic N) is 3. The fourth-order valence-electron chi connectivity index (χ4n) is 1.71. The molecule has 17 heavy (non-hydrogen) atoms. The lowest BCUT2D eigenvalue weighted by molar-refractivity contribution is 1.12. The van der Waals surface area contributed by atoms with E-state index in [0.29, 0.717) is 5.56 Å². The molecule has 0 aliphatic carbocycles. The molecule has 0 amide bonds. The van der Waals surface area contributed by atoms with Crippen molar-refractivity contribution in [1.29, 1.82) is 5.26 Å². The molecule has 0 fully saturated rings. The fraction of sp³-hybridized carbons (Fsp3) is 0.143. The molecule has 1 aromatic carbocycles. The maximum atomic E-state index is 9.14. The Morgan fingerprint density at radius 3 is 2.59 bits per heavy atom.